The van der Waals surface area contributed by atoms with Gasteiger partial charge in [-0.1, -0.05) is 72.8 Å². The Morgan fingerprint density at radius 3 is 2.24 bits per heavy atom. The molecule has 0 aliphatic carbocycles. The zero-order valence-electron chi connectivity index (χ0n) is 22.3. The molecule has 6 aromatic carbocycles. The van der Waals surface area contributed by atoms with Crippen molar-refractivity contribution in [2.75, 3.05) is 4.90 Å². The van der Waals surface area contributed by atoms with Crippen molar-refractivity contribution in [3.8, 4) is 11.5 Å². The molecule has 9 aromatic rings. The average Bonchev–Trinajstić information content (AvgIpc) is 3.75. The maximum atomic E-state index is 6.48. The standard InChI is InChI=1S/C37H22N2O2S/c1-2-10-23(11-3-1)39(30-16-8-13-26-25-12-4-6-17-31(25)40-36(26)30)24-20-21-27-34(22-24)42-33-19-9-14-28(35(27)33)37-38-29-15-5-7-18-32(29)41-37/h1-22H. The summed E-state index contributed by atoms with van der Waals surface area (Å²) in [7, 11) is 0. The van der Waals surface area contributed by atoms with Crippen LogP contribution in [0.2, 0.25) is 0 Å². The zero-order valence-corrected chi connectivity index (χ0v) is 23.1. The molecule has 198 valence electrons. The number of hydrogen-bond donors (Lipinski definition) is 0. The number of hydrogen-bond acceptors (Lipinski definition) is 5. The van der Waals surface area contributed by atoms with Crippen LogP contribution >= 0.6 is 11.3 Å². The third kappa shape index (κ3) is 3.51. The Bertz CT molecular complexity index is 2400. The molecule has 9 rings (SSSR count). The molecule has 0 saturated heterocycles. The number of benzene rings is 6. The lowest BCUT2D eigenvalue weighted by atomic mass is 10.1. The smallest absolute Gasteiger partial charge is 0.227 e. The number of para-hydroxylation sites is 5. The number of rotatable bonds is 4. The molecule has 0 aliphatic heterocycles. The molecule has 3 heterocycles. The van der Waals surface area contributed by atoms with Crippen molar-refractivity contribution in [3.05, 3.63) is 133 Å². The second-order valence-electron chi connectivity index (χ2n) is 10.4. The molecular formula is C37H22N2O2S. The van der Waals surface area contributed by atoms with Crippen LogP contribution in [0.15, 0.2) is 142 Å². The second-order valence-corrected chi connectivity index (χ2v) is 11.5. The first-order valence-corrected chi connectivity index (χ1v) is 14.7. The highest BCUT2D eigenvalue weighted by Gasteiger charge is 2.21. The molecule has 42 heavy (non-hydrogen) atoms. The van der Waals surface area contributed by atoms with Gasteiger partial charge in [-0.25, -0.2) is 4.98 Å². The molecule has 3 aromatic heterocycles. The molecule has 5 heteroatoms. The second kappa shape index (κ2) is 9.06. The number of aromatic nitrogens is 1. The number of thiophene rings is 1. The highest BCUT2D eigenvalue weighted by molar-refractivity contribution is 7.26. The summed E-state index contributed by atoms with van der Waals surface area (Å²) >= 11 is 1.79. The Hall–Kier alpha value is -5.39. The number of furan rings is 1. The summed E-state index contributed by atoms with van der Waals surface area (Å²) in [6, 6.07) is 46.1. The third-order valence-corrected chi connectivity index (χ3v) is 9.02. The Morgan fingerprint density at radius 1 is 0.548 bits per heavy atom. The summed E-state index contributed by atoms with van der Waals surface area (Å²) in [6.45, 7) is 0. The summed E-state index contributed by atoms with van der Waals surface area (Å²) in [5.41, 5.74) is 7.57. The molecule has 0 aliphatic rings. The largest absolute Gasteiger partial charge is 0.454 e. The SMILES string of the molecule is c1ccc(N(c2ccc3c(c2)sc2cccc(-c4nc5ccccc5o4)c23)c2cccc3c2oc2ccccc23)cc1. The van der Waals surface area contributed by atoms with Crippen LogP contribution in [0.25, 0.3) is 64.7 Å². The van der Waals surface area contributed by atoms with Gasteiger partial charge in [0.2, 0.25) is 5.89 Å². The van der Waals surface area contributed by atoms with Crippen LogP contribution in [0, 0.1) is 0 Å². The number of anilines is 3. The monoisotopic (exact) mass is 558 g/mol. The Balaban J connectivity index is 1.26. The zero-order chi connectivity index (χ0) is 27.6. The Kier molecular flexibility index (Phi) is 5.03. The lowest BCUT2D eigenvalue weighted by molar-refractivity contribution is 0.620. The third-order valence-electron chi connectivity index (χ3n) is 7.90. The first-order chi connectivity index (χ1) is 20.8. The summed E-state index contributed by atoms with van der Waals surface area (Å²) in [6.07, 6.45) is 0. The van der Waals surface area contributed by atoms with Crippen LogP contribution in [0.3, 0.4) is 0 Å². The van der Waals surface area contributed by atoms with E-state index in [2.05, 4.69) is 95.9 Å². The van der Waals surface area contributed by atoms with Gasteiger partial charge in [0, 0.05) is 47.9 Å². The number of oxazole rings is 1. The molecule has 0 saturated carbocycles. The van der Waals surface area contributed by atoms with Gasteiger partial charge in [0.1, 0.15) is 11.1 Å². The summed E-state index contributed by atoms with van der Waals surface area (Å²) in [4.78, 5) is 7.10. The van der Waals surface area contributed by atoms with E-state index in [0.29, 0.717) is 5.89 Å². The van der Waals surface area contributed by atoms with Gasteiger partial charge in [0.25, 0.3) is 0 Å². The van der Waals surface area contributed by atoms with E-state index in [-0.39, 0.29) is 0 Å². The fourth-order valence-corrected chi connectivity index (χ4v) is 7.20. The highest BCUT2D eigenvalue weighted by atomic mass is 32.1. The van der Waals surface area contributed by atoms with E-state index in [0.717, 1.165) is 55.7 Å². The molecule has 0 N–H and O–H groups in total. The summed E-state index contributed by atoms with van der Waals surface area (Å²) in [5, 5.41) is 4.58. The quantitative estimate of drug-likeness (QED) is 0.215. The maximum absolute atomic E-state index is 6.48. The van der Waals surface area contributed by atoms with E-state index in [9.17, 15) is 0 Å². The molecule has 0 unspecified atom stereocenters. The van der Waals surface area contributed by atoms with E-state index >= 15 is 0 Å². The maximum Gasteiger partial charge on any atom is 0.227 e. The van der Waals surface area contributed by atoms with Crippen molar-refractivity contribution in [1.82, 2.24) is 4.98 Å². The van der Waals surface area contributed by atoms with Gasteiger partial charge in [0.15, 0.2) is 11.2 Å². The highest BCUT2D eigenvalue weighted by Crippen LogP contribution is 2.45. The number of fused-ring (bicyclic) bond motifs is 7. The Labute approximate surface area is 244 Å². The van der Waals surface area contributed by atoms with Gasteiger partial charge < -0.3 is 13.7 Å². The van der Waals surface area contributed by atoms with Crippen molar-refractivity contribution in [2.45, 2.75) is 0 Å². The summed E-state index contributed by atoms with van der Waals surface area (Å²) < 4.78 is 15.1. The van der Waals surface area contributed by atoms with Gasteiger partial charge >= 0.3 is 0 Å². The van der Waals surface area contributed by atoms with Crippen LogP contribution in [-0.4, -0.2) is 4.98 Å². The van der Waals surface area contributed by atoms with Crippen LogP contribution in [-0.2, 0) is 0 Å². The van der Waals surface area contributed by atoms with Gasteiger partial charge in [-0.15, -0.1) is 11.3 Å². The molecule has 0 radical (unpaired) electrons. The topological polar surface area (TPSA) is 42.4 Å². The van der Waals surface area contributed by atoms with Crippen molar-refractivity contribution < 1.29 is 8.83 Å². The molecule has 4 nitrogen and oxygen atoms in total. The minimum atomic E-state index is 0.646. The van der Waals surface area contributed by atoms with E-state index in [1.54, 1.807) is 11.3 Å². The lowest BCUT2D eigenvalue weighted by Crippen LogP contribution is -2.09. The average molecular weight is 559 g/mol. The van der Waals surface area contributed by atoms with Crippen molar-refractivity contribution in [2.24, 2.45) is 0 Å². The van der Waals surface area contributed by atoms with Crippen LogP contribution in [0.4, 0.5) is 17.1 Å². The molecule has 0 spiro atoms. The van der Waals surface area contributed by atoms with Gasteiger partial charge in [0.05, 0.1) is 5.69 Å². The Morgan fingerprint density at radius 2 is 1.33 bits per heavy atom. The van der Waals surface area contributed by atoms with Crippen LogP contribution in [0.5, 0.6) is 0 Å². The van der Waals surface area contributed by atoms with E-state index in [4.69, 9.17) is 13.8 Å². The molecule has 0 atom stereocenters. The molecule has 0 bridgehead atoms. The molecular weight excluding hydrogens is 536 g/mol. The first kappa shape index (κ1) is 23.3. The minimum absolute atomic E-state index is 0.646. The van der Waals surface area contributed by atoms with Crippen molar-refractivity contribution in [1.29, 1.82) is 0 Å². The lowest BCUT2D eigenvalue weighted by Gasteiger charge is -2.25. The molecule has 0 amide bonds. The minimum Gasteiger partial charge on any atom is -0.454 e. The normalized spacial score (nSPS) is 11.8. The molecule has 0 fully saturated rings. The van der Waals surface area contributed by atoms with E-state index in [1.807, 2.05) is 42.5 Å². The van der Waals surface area contributed by atoms with Crippen LogP contribution < -0.4 is 4.90 Å². The van der Waals surface area contributed by atoms with Crippen molar-refractivity contribution >= 4 is 81.6 Å². The number of nitrogens with zero attached hydrogens (tertiary/aromatic N) is 2. The summed E-state index contributed by atoms with van der Waals surface area (Å²) in [5.74, 6) is 0.646. The van der Waals surface area contributed by atoms with E-state index in [1.165, 1.54) is 20.2 Å². The predicted molar refractivity (Wildman–Crippen MR) is 174 cm³/mol. The first-order valence-electron chi connectivity index (χ1n) is 13.9. The van der Waals surface area contributed by atoms with E-state index < -0.39 is 0 Å². The fourth-order valence-electron chi connectivity index (χ4n) is 6.03. The van der Waals surface area contributed by atoms with Crippen molar-refractivity contribution in [3.63, 3.8) is 0 Å². The van der Waals surface area contributed by atoms with Crippen LogP contribution in [0.1, 0.15) is 0 Å². The van der Waals surface area contributed by atoms with Gasteiger partial charge in [-0.05, 0) is 60.7 Å². The fraction of sp³-hybridized carbons (Fsp3) is 0. The van der Waals surface area contributed by atoms with Gasteiger partial charge in [-0.2, -0.15) is 0 Å². The van der Waals surface area contributed by atoms with Gasteiger partial charge in [-0.3, -0.25) is 0 Å². The predicted octanol–water partition coefficient (Wildman–Crippen LogP) is 11.2.